The van der Waals surface area contributed by atoms with Crippen molar-refractivity contribution in [3.05, 3.63) is 44.7 Å². The van der Waals surface area contributed by atoms with Crippen LogP contribution in [0, 0.1) is 20.8 Å². The molecule has 0 bridgehead atoms. The monoisotopic (exact) mass is 216 g/mol. The molecule has 1 aromatic carbocycles. The Morgan fingerprint density at radius 1 is 1.25 bits per heavy atom. The second-order valence-electron chi connectivity index (χ2n) is 4.27. The van der Waals surface area contributed by atoms with Crippen molar-refractivity contribution in [3.63, 3.8) is 0 Å². The molecule has 0 spiro atoms. The summed E-state index contributed by atoms with van der Waals surface area (Å²) < 4.78 is 0. The topological polar surface area (TPSA) is 58.9 Å². The Labute approximate surface area is 94.3 Å². The van der Waals surface area contributed by atoms with Gasteiger partial charge >= 0.3 is 0 Å². The van der Waals surface area contributed by atoms with Crippen molar-refractivity contribution in [2.45, 2.75) is 27.3 Å². The van der Waals surface area contributed by atoms with Gasteiger partial charge in [-0.15, -0.1) is 0 Å². The lowest BCUT2D eigenvalue weighted by Crippen LogP contribution is -2.18. The molecule has 1 heterocycles. The second-order valence-corrected chi connectivity index (χ2v) is 4.27. The molecule has 3 N–H and O–H groups in total. The van der Waals surface area contributed by atoms with Crippen LogP contribution in [0.3, 0.4) is 0 Å². The lowest BCUT2D eigenvalue weighted by Gasteiger charge is -2.10. The predicted molar refractivity (Wildman–Crippen MR) is 66.7 cm³/mol. The minimum Gasteiger partial charge on any atom is -0.326 e. The number of nitrogens with two attached hydrogens (primary N) is 1. The number of rotatable bonds is 1. The summed E-state index contributed by atoms with van der Waals surface area (Å²) in [6.07, 6.45) is 0. The zero-order valence-corrected chi connectivity index (χ0v) is 9.85. The highest BCUT2D eigenvalue weighted by Gasteiger charge is 2.09. The van der Waals surface area contributed by atoms with Crippen LogP contribution in [0.25, 0.3) is 10.9 Å². The van der Waals surface area contributed by atoms with E-state index in [4.69, 9.17) is 5.73 Å². The van der Waals surface area contributed by atoms with Gasteiger partial charge in [0.1, 0.15) is 0 Å². The lowest BCUT2D eigenvalue weighted by molar-refractivity contribution is 1.01. The first kappa shape index (κ1) is 10.9. The Kier molecular flexibility index (Phi) is 2.56. The molecule has 0 saturated carbocycles. The van der Waals surface area contributed by atoms with Crippen molar-refractivity contribution >= 4 is 10.9 Å². The summed E-state index contributed by atoms with van der Waals surface area (Å²) in [6.45, 7) is 6.30. The number of fused-ring (bicyclic) bond motifs is 1. The van der Waals surface area contributed by atoms with E-state index in [0.717, 1.165) is 22.0 Å². The first-order chi connectivity index (χ1) is 7.54. The third-order valence-electron chi connectivity index (χ3n) is 3.05. The Bertz CT molecular complexity index is 611. The van der Waals surface area contributed by atoms with Gasteiger partial charge in [-0.1, -0.05) is 11.6 Å². The molecule has 0 aliphatic rings. The molecule has 84 valence electrons. The average molecular weight is 216 g/mol. The smallest absolute Gasteiger partial charge is 0.253 e. The van der Waals surface area contributed by atoms with Crippen molar-refractivity contribution in [1.82, 2.24) is 4.98 Å². The zero-order chi connectivity index (χ0) is 11.9. The number of nitrogens with one attached hydrogen (secondary N) is 1. The molecule has 2 aromatic rings. The largest absolute Gasteiger partial charge is 0.326 e. The van der Waals surface area contributed by atoms with E-state index in [-0.39, 0.29) is 12.1 Å². The number of pyridine rings is 1. The predicted octanol–water partition coefficient (Wildman–Crippen LogP) is 1.91. The summed E-state index contributed by atoms with van der Waals surface area (Å²) >= 11 is 0. The highest BCUT2D eigenvalue weighted by molar-refractivity contribution is 5.86. The molecular formula is C13H16N2O. The SMILES string of the molecule is Cc1cc(C)c2[nH]c(=O)c(CN)c(C)c2c1. The standard InChI is InChI=1S/C13H16N2O/c1-7-4-8(2)12-10(5-7)9(3)11(6-14)13(16)15-12/h4-5H,6,14H2,1-3H3,(H,15,16). The fourth-order valence-corrected chi connectivity index (χ4v) is 2.20. The van der Waals surface area contributed by atoms with E-state index in [2.05, 4.69) is 24.0 Å². The molecule has 0 saturated heterocycles. The van der Waals surface area contributed by atoms with Gasteiger partial charge in [-0.3, -0.25) is 4.79 Å². The highest BCUT2D eigenvalue weighted by Crippen LogP contribution is 2.21. The molecule has 1 aromatic heterocycles. The van der Waals surface area contributed by atoms with Crippen molar-refractivity contribution in [2.24, 2.45) is 5.73 Å². The van der Waals surface area contributed by atoms with Crippen LogP contribution in [0.15, 0.2) is 16.9 Å². The van der Waals surface area contributed by atoms with Crippen LogP contribution in [0.5, 0.6) is 0 Å². The maximum absolute atomic E-state index is 11.8. The number of aromatic amines is 1. The zero-order valence-electron chi connectivity index (χ0n) is 9.85. The van der Waals surface area contributed by atoms with Gasteiger partial charge in [-0.2, -0.15) is 0 Å². The van der Waals surface area contributed by atoms with E-state index in [9.17, 15) is 4.79 Å². The third-order valence-corrected chi connectivity index (χ3v) is 3.05. The third kappa shape index (κ3) is 1.53. The average Bonchev–Trinajstić information content (AvgIpc) is 2.21. The Balaban J connectivity index is 2.99. The van der Waals surface area contributed by atoms with Gasteiger partial charge in [0.25, 0.3) is 5.56 Å². The second kappa shape index (κ2) is 3.76. The maximum Gasteiger partial charge on any atom is 0.253 e. The van der Waals surface area contributed by atoms with E-state index in [1.54, 1.807) is 0 Å². The van der Waals surface area contributed by atoms with Crippen LogP contribution in [0.2, 0.25) is 0 Å². The fraction of sp³-hybridized carbons (Fsp3) is 0.308. The van der Waals surface area contributed by atoms with Crippen LogP contribution >= 0.6 is 0 Å². The van der Waals surface area contributed by atoms with E-state index < -0.39 is 0 Å². The molecule has 3 nitrogen and oxygen atoms in total. The van der Waals surface area contributed by atoms with Crippen molar-refractivity contribution < 1.29 is 0 Å². The first-order valence-electron chi connectivity index (χ1n) is 5.37. The number of H-pyrrole nitrogens is 1. The lowest BCUT2D eigenvalue weighted by atomic mass is 10.00. The molecule has 3 heteroatoms. The number of hydrogen-bond donors (Lipinski definition) is 2. The van der Waals surface area contributed by atoms with Gasteiger partial charge in [-0.25, -0.2) is 0 Å². The molecule has 0 unspecified atom stereocenters. The van der Waals surface area contributed by atoms with E-state index in [0.29, 0.717) is 5.56 Å². The van der Waals surface area contributed by atoms with Gasteiger partial charge in [0, 0.05) is 17.5 Å². The van der Waals surface area contributed by atoms with Gasteiger partial charge in [0.2, 0.25) is 0 Å². The molecule has 0 fully saturated rings. The van der Waals surface area contributed by atoms with Crippen LogP contribution in [0.1, 0.15) is 22.3 Å². The first-order valence-corrected chi connectivity index (χ1v) is 5.37. The number of benzene rings is 1. The van der Waals surface area contributed by atoms with E-state index in [1.165, 1.54) is 5.56 Å². The maximum atomic E-state index is 11.8. The summed E-state index contributed by atoms with van der Waals surface area (Å²) in [5, 5.41) is 1.09. The van der Waals surface area contributed by atoms with Gasteiger partial charge in [0.05, 0.1) is 5.52 Å². The Hall–Kier alpha value is -1.61. The quantitative estimate of drug-likeness (QED) is 0.765. The fourth-order valence-electron chi connectivity index (χ4n) is 2.20. The van der Waals surface area contributed by atoms with Crippen LogP contribution in [-0.2, 0) is 6.54 Å². The van der Waals surface area contributed by atoms with Crippen molar-refractivity contribution in [1.29, 1.82) is 0 Å². The molecule has 2 rings (SSSR count). The van der Waals surface area contributed by atoms with E-state index in [1.807, 2.05) is 13.8 Å². The van der Waals surface area contributed by atoms with Crippen molar-refractivity contribution in [2.75, 3.05) is 0 Å². The van der Waals surface area contributed by atoms with Crippen LogP contribution in [-0.4, -0.2) is 4.98 Å². The number of hydrogen-bond acceptors (Lipinski definition) is 2. The minimum atomic E-state index is -0.0700. The number of aryl methyl sites for hydroxylation is 3. The summed E-state index contributed by atoms with van der Waals surface area (Å²) in [6, 6.07) is 4.16. The summed E-state index contributed by atoms with van der Waals surface area (Å²) in [5.74, 6) is 0. The molecule has 0 aliphatic carbocycles. The van der Waals surface area contributed by atoms with E-state index >= 15 is 0 Å². The van der Waals surface area contributed by atoms with Crippen LogP contribution < -0.4 is 11.3 Å². The Morgan fingerprint density at radius 2 is 1.94 bits per heavy atom. The summed E-state index contributed by atoms with van der Waals surface area (Å²) in [5.41, 5.74) is 10.4. The van der Waals surface area contributed by atoms with Gasteiger partial charge < -0.3 is 10.7 Å². The molecular weight excluding hydrogens is 200 g/mol. The molecule has 0 aliphatic heterocycles. The Morgan fingerprint density at radius 3 is 2.56 bits per heavy atom. The van der Waals surface area contributed by atoms with Crippen molar-refractivity contribution in [3.8, 4) is 0 Å². The normalized spacial score (nSPS) is 11.0. The molecule has 0 amide bonds. The molecule has 16 heavy (non-hydrogen) atoms. The minimum absolute atomic E-state index is 0.0700. The summed E-state index contributed by atoms with van der Waals surface area (Å²) in [7, 11) is 0. The number of aromatic nitrogens is 1. The van der Waals surface area contributed by atoms with Gasteiger partial charge in [-0.05, 0) is 38.0 Å². The summed E-state index contributed by atoms with van der Waals surface area (Å²) in [4.78, 5) is 14.7. The van der Waals surface area contributed by atoms with Crippen LogP contribution in [0.4, 0.5) is 0 Å². The highest BCUT2D eigenvalue weighted by atomic mass is 16.1. The van der Waals surface area contributed by atoms with Gasteiger partial charge in [0.15, 0.2) is 0 Å². The molecule has 0 atom stereocenters. The molecule has 0 radical (unpaired) electrons.